The third-order valence-corrected chi connectivity index (χ3v) is 5.57. The Balaban J connectivity index is 1.86. The average Bonchev–Trinajstić information content (AvgIpc) is 2.80. The number of carboxylic acids is 1. The Hall–Kier alpha value is -3.10. The van der Waals surface area contributed by atoms with Crippen LogP contribution in [-0.2, 0) is 11.4 Å². The molecular formula is C25H21Br2NO5. The maximum absolute atomic E-state index is 12.4. The first kappa shape index (κ1) is 24.5. The van der Waals surface area contributed by atoms with E-state index in [0.717, 1.165) is 10.0 Å². The number of carbonyl (C=O) groups excluding carboxylic acids is 1. The molecule has 1 amide bonds. The molecule has 0 radical (unpaired) electrons. The molecule has 0 bridgehead atoms. The van der Waals surface area contributed by atoms with Gasteiger partial charge in [0.2, 0.25) is 0 Å². The molecule has 0 fully saturated rings. The van der Waals surface area contributed by atoms with Crippen LogP contribution in [0.5, 0.6) is 11.5 Å². The smallest absolute Gasteiger partial charge is 0.352 e. The predicted octanol–water partition coefficient (Wildman–Crippen LogP) is 6.04. The summed E-state index contributed by atoms with van der Waals surface area (Å²) in [7, 11) is 0. The van der Waals surface area contributed by atoms with E-state index in [1.54, 1.807) is 42.5 Å². The van der Waals surface area contributed by atoms with E-state index in [-0.39, 0.29) is 5.70 Å². The van der Waals surface area contributed by atoms with Crippen LogP contribution in [0.4, 0.5) is 0 Å². The number of ether oxygens (including phenoxy) is 2. The van der Waals surface area contributed by atoms with Gasteiger partial charge in [-0.1, -0.05) is 46.3 Å². The van der Waals surface area contributed by atoms with Crippen LogP contribution in [-0.4, -0.2) is 23.6 Å². The summed E-state index contributed by atoms with van der Waals surface area (Å²) < 4.78 is 13.3. The summed E-state index contributed by atoms with van der Waals surface area (Å²) in [6.45, 7) is 2.57. The number of hydrogen-bond acceptors (Lipinski definition) is 4. The Labute approximate surface area is 208 Å². The minimum Gasteiger partial charge on any atom is -0.490 e. The highest BCUT2D eigenvalue weighted by Crippen LogP contribution is 2.38. The molecule has 2 N–H and O–H groups in total. The summed E-state index contributed by atoms with van der Waals surface area (Å²) in [5.41, 5.74) is 1.60. The van der Waals surface area contributed by atoms with Crippen molar-refractivity contribution in [3.8, 4) is 11.5 Å². The number of carbonyl (C=O) groups is 2. The van der Waals surface area contributed by atoms with Crippen LogP contribution in [0.2, 0.25) is 0 Å². The number of benzene rings is 3. The van der Waals surface area contributed by atoms with E-state index in [1.165, 1.54) is 6.08 Å². The van der Waals surface area contributed by atoms with E-state index in [1.807, 2.05) is 31.2 Å². The van der Waals surface area contributed by atoms with E-state index in [4.69, 9.17) is 9.47 Å². The van der Waals surface area contributed by atoms with Crippen molar-refractivity contribution in [1.29, 1.82) is 0 Å². The first-order valence-electron chi connectivity index (χ1n) is 10.0. The number of halogens is 2. The van der Waals surface area contributed by atoms with E-state index in [0.29, 0.717) is 40.3 Å². The van der Waals surface area contributed by atoms with Gasteiger partial charge in [0.25, 0.3) is 5.91 Å². The third-order valence-electron chi connectivity index (χ3n) is 4.45. The topological polar surface area (TPSA) is 84.9 Å². The zero-order chi connectivity index (χ0) is 23.8. The monoisotopic (exact) mass is 573 g/mol. The molecule has 0 unspecified atom stereocenters. The van der Waals surface area contributed by atoms with E-state index >= 15 is 0 Å². The molecular weight excluding hydrogens is 554 g/mol. The van der Waals surface area contributed by atoms with Gasteiger partial charge in [0.1, 0.15) is 12.3 Å². The van der Waals surface area contributed by atoms with E-state index in [9.17, 15) is 14.7 Å². The van der Waals surface area contributed by atoms with Crippen molar-refractivity contribution in [2.45, 2.75) is 13.5 Å². The highest BCUT2D eigenvalue weighted by Gasteiger charge is 2.16. The summed E-state index contributed by atoms with van der Waals surface area (Å²) in [4.78, 5) is 24.2. The Morgan fingerprint density at radius 3 is 2.33 bits per heavy atom. The number of amides is 1. The van der Waals surface area contributed by atoms with Gasteiger partial charge in [0.05, 0.1) is 11.1 Å². The summed E-state index contributed by atoms with van der Waals surface area (Å²) >= 11 is 6.90. The molecule has 0 atom stereocenters. The van der Waals surface area contributed by atoms with Gasteiger partial charge in [-0.3, -0.25) is 4.79 Å². The summed E-state index contributed by atoms with van der Waals surface area (Å²) in [6, 6.07) is 19.5. The fourth-order valence-corrected chi connectivity index (χ4v) is 3.75. The second-order valence-corrected chi connectivity index (χ2v) is 8.63. The molecule has 0 heterocycles. The van der Waals surface area contributed by atoms with Gasteiger partial charge in [-0.2, -0.15) is 0 Å². The fourth-order valence-electron chi connectivity index (χ4n) is 2.91. The summed E-state index contributed by atoms with van der Waals surface area (Å²) in [5, 5.41) is 12.1. The Kier molecular flexibility index (Phi) is 8.68. The molecule has 0 saturated heterocycles. The number of nitrogens with one attached hydrogen (secondary N) is 1. The van der Waals surface area contributed by atoms with Gasteiger partial charge in [0, 0.05) is 10.0 Å². The molecule has 0 saturated carbocycles. The zero-order valence-electron chi connectivity index (χ0n) is 17.7. The van der Waals surface area contributed by atoms with Gasteiger partial charge in [-0.25, -0.2) is 4.79 Å². The van der Waals surface area contributed by atoms with Gasteiger partial charge in [-0.15, -0.1) is 0 Å². The Morgan fingerprint density at radius 1 is 1.00 bits per heavy atom. The van der Waals surface area contributed by atoms with Crippen LogP contribution in [0.1, 0.15) is 28.4 Å². The normalized spacial score (nSPS) is 11.1. The summed E-state index contributed by atoms with van der Waals surface area (Å²) in [6.07, 6.45) is 1.37. The van der Waals surface area contributed by atoms with E-state index in [2.05, 4.69) is 37.2 Å². The lowest BCUT2D eigenvalue weighted by Crippen LogP contribution is -2.27. The van der Waals surface area contributed by atoms with Gasteiger partial charge in [0.15, 0.2) is 11.5 Å². The lowest BCUT2D eigenvalue weighted by Gasteiger charge is -2.15. The second kappa shape index (κ2) is 11.7. The van der Waals surface area contributed by atoms with Crippen molar-refractivity contribution >= 4 is 49.8 Å². The second-order valence-electron chi connectivity index (χ2n) is 6.86. The van der Waals surface area contributed by atoms with Gasteiger partial charge < -0.3 is 19.9 Å². The Bertz CT molecular complexity index is 1160. The van der Waals surface area contributed by atoms with Crippen LogP contribution in [0.25, 0.3) is 6.08 Å². The molecule has 3 aromatic carbocycles. The van der Waals surface area contributed by atoms with E-state index < -0.39 is 11.9 Å². The summed E-state index contributed by atoms with van der Waals surface area (Å²) in [5.74, 6) is -0.816. The van der Waals surface area contributed by atoms with Crippen molar-refractivity contribution in [2.24, 2.45) is 0 Å². The molecule has 0 spiro atoms. The number of rotatable bonds is 9. The number of aliphatic carboxylic acids is 1. The van der Waals surface area contributed by atoms with Crippen LogP contribution in [0, 0.1) is 0 Å². The minimum absolute atomic E-state index is 0.262. The number of carboxylic acid groups (broad SMARTS) is 1. The van der Waals surface area contributed by atoms with Crippen LogP contribution in [0.15, 0.2) is 81.4 Å². The molecule has 0 aliphatic heterocycles. The van der Waals surface area contributed by atoms with Crippen molar-refractivity contribution in [1.82, 2.24) is 5.32 Å². The molecule has 8 heteroatoms. The first-order valence-corrected chi connectivity index (χ1v) is 11.6. The lowest BCUT2D eigenvalue weighted by molar-refractivity contribution is -0.132. The zero-order valence-corrected chi connectivity index (χ0v) is 20.9. The SMILES string of the molecule is CCOc1cc(C=C(NC(=O)c2ccccc2)C(=O)O)cc(Br)c1OCc1ccc(Br)cc1. The predicted molar refractivity (Wildman–Crippen MR) is 133 cm³/mol. The molecule has 170 valence electrons. The molecule has 0 aromatic heterocycles. The lowest BCUT2D eigenvalue weighted by atomic mass is 10.1. The van der Waals surface area contributed by atoms with Crippen LogP contribution < -0.4 is 14.8 Å². The maximum atomic E-state index is 12.4. The molecule has 3 aromatic rings. The maximum Gasteiger partial charge on any atom is 0.352 e. The third kappa shape index (κ3) is 6.94. The van der Waals surface area contributed by atoms with Crippen molar-refractivity contribution in [3.05, 3.63) is 98.1 Å². The highest BCUT2D eigenvalue weighted by atomic mass is 79.9. The molecule has 33 heavy (non-hydrogen) atoms. The number of hydrogen-bond donors (Lipinski definition) is 2. The highest BCUT2D eigenvalue weighted by molar-refractivity contribution is 9.10. The fraction of sp³-hybridized carbons (Fsp3) is 0.120. The van der Waals surface area contributed by atoms with Gasteiger partial charge in [-0.05, 0) is 76.5 Å². The first-order chi connectivity index (χ1) is 15.9. The average molecular weight is 575 g/mol. The Morgan fingerprint density at radius 2 is 1.70 bits per heavy atom. The quantitative estimate of drug-likeness (QED) is 0.304. The largest absolute Gasteiger partial charge is 0.490 e. The molecule has 3 rings (SSSR count). The minimum atomic E-state index is -1.26. The standard InChI is InChI=1S/C25H21Br2NO5/c1-2-32-22-14-17(12-20(27)23(22)33-15-16-8-10-19(26)11-9-16)13-21(25(30)31)28-24(29)18-6-4-3-5-7-18/h3-14H,2,15H2,1H3,(H,28,29)(H,30,31). The van der Waals surface area contributed by atoms with Crippen LogP contribution >= 0.6 is 31.9 Å². The molecule has 0 aliphatic carbocycles. The molecule has 0 aliphatic rings. The molecule has 6 nitrogen and oxygen atoms in total. The van der Waals surface area contributed by atoms with Crippen molar-refractivity contribution in [2.75, 3.05) is 6.61 Å². The van der Waals surface area contributed by atoms with Gasteiger partial charge >= 0.3 is 5.97 Å². The van der Waals surface area contributed by atoms with Crippen molar-refractivity contribution < 1.29 is 24.2 Å². The van der Waals surface area contributed by atoms with Crippen LogP contribution in [0.3, 0.4) is 0 Å². The van der Waals surface area contributed by atoms with Crippen molar-refractivity contribution in [3.63, 3.8) is 0 Å².